The number of hydrogen-bond donors (Lipinski definition) is 1. The zero-order valence-electron chi connectivity index (χ0n) is 10.1. The smallest absolute Gasteiger partial charge is 0.272 e. The molecule has 1 rings (SSSR count). The van der Waals surface area contributed by atoms with Gasteiger partial charge in [-0.05, 0) is 0 Å². The minimum absolute atomic E-state index is 0.0932. The predicted octanol–water partition coefficient (Wildman–Crippen LogP) is 2.36. The fourth-order valence-electron chi connectivity index (χ4n) is 1.32. The Balaban J connectivity index is 3.48. The molecule has 0 radical (unpaired) electrons. The summed E-state index contributed by atoms with van der Waals surface area (Å²) >= 11 is 5.83. The van der Waals surface area contributed by atoms with Crippen molar-refractivity contribution in [1.82, 2.24) is 0 Å². The second-order valence-electron chi connectivity index (χ2n) is 3.43. The number of nitrogens with one attached hydrogen (secondary N) is 1. The number of halogens is 1. The number of nitrogens with zero attached hydrogens (tertiary/aromatic N) is 5. The van der Waals surface area contributed by atoms with E-state index in [4.69, 9.17) is 32.6 Å². The van der Waals surface area contributed by atoms with Crippen molar-refractivity contribution in [2.24, 2.45) is 0 Å². The van der Waals surface area contributed by atoms with E-state index in [1.807, 2.05) is 0 Å². The Morgan fingerprint density at radius 2 is 1.81 bits per heavy atom. The van der Waals surface area contributed by atoms with Crippen LogP contribution in [0.15, 0.2) is 23.4 Å². The van der Waals surface area contributed by atoms with Crippen LogP contribution in [0.4, 0.5) is 11.4 Å². The lowest BCUT2D eigenvalue weighted by atomic mass is 10.1. The van der Waals surface area contributed by atoms with Crippen molar-refractivity contribution in [2.75, 3.05) is 5.32 Å². The second kappa shape index (κ2) is 6.54. The molecule has 1 N–H and O–H groups in total. The average molecular weight is 299 g/mol. The number of non-ortho nitro benzene ring substituents is 1. The fraction of sp³-hybridized carbons (Fsp3) is 0. The van der Waals surface area contributed by atoms with E-state index in [0.29, 0.717) is 0 Å². The second-order valence-corrected chi connectivity index (χ2v) is 3.84. The third-order valence-corrected chi connectivity index (χ3v) is 2.54. The standard InChI is InChI=1S/C12H3ClN6O2/c13-10-2-9(19(20)21)1-7(3-14)12(10)18-11(6-17)8(4-15)5-16/h1-2,18H. The van der Waals surface area contributed by atoms with Gasteiger partial charge < -0.3 is 5.32 Å². The topological polar surface area (TPSA) is 150 Å². The van der Waals surface area contributed by atoms with Gasteiger partial charge in [0.15, 0.2) is 5.57 Å². The van der Waals surface area contributed by atoms with Gasteiger partial charge in [-0.25, -0.2) is 0 Å². The lowest BCUT2D eigenvalue weighted by Gasteiger charge is -2.08. The van der Waals surface area contributed by atoms with Crippen LogP contribution in [0.1, 0.15) is 5.56 Å². The zero-order chi connectivity index (χ0) is 16.0. The van der Waals surface area contributed by atoms with Gasteiger partial charge in [0.05, 0.1) is 21.2 Å². The van der Waals surface area contributed by atoms with Crippen molar-refractivity contribution < 1.29 is 4.92 Å². The summed E-state index contributed by atoms with van der Waals surface area (Å²) < 4.78 is 0. The van der Waals surface area contributed by atoms with Gasteiger partial charge in [0.2, 0.25) is 0 Å². The number of rotatable bonds is 3. The van der Waals surface area contributed by atoms with Crippen LogP contribution in [-0.4, -0.2) is 4.92 Å². The summed E-state index contributed by atoms with van der Waals surface area (Å²) in [6.45, 7) is 0. The molecular formula is C12H3ClN6O2. The quantitative estimate of drug-likeness (QED) is 0.511. The summed E-state index contributed by atoms with van der Waals surface area (Å²) in [6.07, 6.45) is 0. The Hall–Kier alpha value is -3.59. The van der Waals surface area contributed by atoms with Crippen LogP contribution < -0.4 is 5.32 Å². The van der Waals surface area contributed by atoms with E-state index in [0.717, 1.165) is 12.1 Å². The van der Waals surface area contributed by atoms with Crippen LogP contribution in [0, 0.1) is 55.4 Å². The summed E-state index contributed by atoms with van der Waals surface area (Å²) in [5, 5.41) is 48.2. The number of nitro benzene ring substituents is 1. The molecule has 0 atom stereocenters. The maximum atomic E-state index is 10.7. The number of benzene rings is 1. The first-order chi connectivity index (χ1) is 9.98. The average Bonchev–Trinajstić information content (AvgIpc) is 2.48. The van der Waals surface area contributed by atoms with Crippen molar-refractivity contribution in [3.8, 4) is 24.3 Å². The molecule has 8 nitrogen and oxygen atoms in total. The highest BCUT2D eigenvalue weighted by Gasteiger charge is 2.17. The molecule has 0 heterocycles. The molecule has 21 heavy (non-hydrogen) atoms. The van der Waals surface area contributed by atoms with Crippen LogP contribution in [0.2, 0.25) is 5.02 Å². The molecule has 0 aliphatic heterocycles. The molecule has 9 heteroatoms. The molecule has 0 saturated heterocycles. The fourth-order valence-corrected chi connectivity index (χ4v) is 1.58. The number of anilines is 1. The largest absolute Gasteiger partial charge is 0.343 e. The van der Waals surface area contributed by atoms with Gasteiger partial charge in [0.25, 0.3) is 5.69 Å². The zero-order valence-corrected chi connectivity index (χ0v) is 10.8. The normalized spacial score (nSPS) is 8.43. The first-order valence-electron chi connectivity index (χ1n) is 5.08. The molecule has 0 amide bonds. The van der Waals surface area contributed by atoms with Crippen molar-refractivity contribution in [1.29, 1.82) is 21.0 Å². The summed E-state index contributed by atoms with van der Waals surface area (Å²) in [5.41, 5.74) is -1.60. The maximum Gasteiger partial charge on any atom is 0.272 e. The highest BCUT2D eigenvalue weighted by atomic mass is 35.5. The van der Waals surface area contributed by atoms with E-state index in [9.17, 15) is 10.1 Å². The van der Waals surface area contributed by atoms with Gasteiger partial charge in [-0.15, -0.1) is 0 Å². The Morgan fingerprint density at radius 3 is 2.24 bits per heavy atom. The number of nitro groups is 1. The Bertz CT molecular complexity index is 800. The minimum atomic E-state index is -0.729. The van der Waals surface area contributed by atoms with Gasteiger partial charge in [0.1, 0.15) is 30.0 Å². The third-order valence-electron chi connectivity index (χ3n) is 2.24. The molecule has 100 valence electrons. The monoisotopic (exact) mass is 298 g/mol. The highest BCUT2D eigenvalue weighted by molar-refractivity contribution is 6.33. The van der Waals surface area contributed by atoms with E-state index >= 15 is 0 Å². The third kappa shape index (κ3) is 3.24. The molecule has 0 saturated carbocycles. The molecule has 0 aromatic heterocycles. The van der Waals surface area contributed by atoms with Gasteiger partial charge >= 0.3 is 0 Å². The van der Waals surface area contributed by atoms with E-state index in [1.165, 1.54) is 12.1 Å². The summed E-state index contributed by atoms with van der Waals surface area (Å²) in [4.78, 5) is 9.95. The molecule has 1 aromatic rings. The molecule has 0 bridgehead atoms. The van der Waals surface area contributed by atoms with Crippen LogP contribution in [0.25, 0.3) is 0 Å². The Kier molecular flexibility index (Phi) is 4.82. The van der Waals surface area contributed by atoms with Gasteiger partial charge in [-0.1, -0.05) is 11.6 Å². The molecular weight excluding hydrogens is 296 g/mol. The van der Waals surface area contributed by atoms with Crippen LogP contribution in [-0.2, 0) is 0 Å². The lowest BCUT2D eigenvalue weighted by molar-refractivity contribution is -0.384. The molecule has 1 aromatic carbocycles. The number of hydrogen-bond acceptors (Lipinski definition) is 7. The summed E-state index contributed by atoms with van der Waals surface area (Å²) in [6, 6.07) is 8.24. The molecule has 0 unspecified atom stereocenters. The van der Waals surface area contributed by atoms with Crippen molar-refractivity contribution in [2.45, 2.75) is 0 Å². The molecule has 0 aliphatic rings. The van der Waals surface area contributed by atoms with Crippen molar-refractivity contribution in [3.05, 3.63) is 44.1 Å². The number of allylic oxidation sites excluding steroid dienone is 2. The van der Waals surface area contributed by atoms with Crippen LogP contribution in [0.5, 0.6) is 0 Å². The predicted molar refractivity (Wildman–Crippen MR) is 70.3 cm³/mol. The van der Waals surface area contributed by atoms with E-state index in [2.05, 4.69) is 5.32 Å². The molecule has 0 aliphatic carbocycles. The van der Waals surface area contributed by atoms with Crippen LogP contribution >= 0.6 is 11.6 Å². The molecule has 0 spiro atoms. The Labute approximate surface area is 123 Å². The Morgan fingerprint density at radius 1 is 1.19 bits per heavy atom. The minimum Gasteiger partial charge on any atom is -0.343 e. The number of nitriles is 4. The highest BCUT2D eigenvalue weighted by Crippen LogP contribution is 2.32. The molecule has 0 fully saturated rings. The van der Waals surface area contributed by atoms with Gasteiger partial charge in [-0.3, -0.25) is 10.1 Å². The van der Waals surface area contributed by atoms with E-state index in [1.54, 1.807) is 12.1 Å². The lowest BCUT2D eigenvalue weighted by Crippen LogP contribution is -2.04. The van der Waals surface area contributed by atoms with E-state index < -0.39 is 21.9 Å². The van der Waals surface area contributed by atoms with Gasteiger partial charge in [0, 0.05) is 12.1 Å². The summed E-state index contributed by atoms with van der Waals surface area (Å²) in [7, 11) is 0. The summed E-state index contributed by atoms with van der Waals surface area (Å²) in [5.74, 6) is 0. The van der Waals surface area contributed by atoms with Crippen molar-refractivity contribution in [3.63, 3.8) is 0 Å². The van der Waals surface area contributed by atoms with E-state index in [-0.39, 0.29) is 16.3 Å². The van der Waals surface area contributed by atoms with Crippen LogP contribution in [0.3, 0.4) is 0 Å². The van der Waals surface area contributed by atoms with Crippen molar-refractivity contribution >= 4 is 23.0 Å². The first kappa shape index (κ1) is 15.5. The SMILES string of the molecule is N#CC(C#N)=C(C#N)Nc1c(Cl)cc([N+](=O)[O-])cc1C#N. The first-order valence-corrected chi connectivity index (χ1v) is 5.45. The maximum absolute atomic E-state index is 10.7. The van der Waals surface area contributed by atoms with Gasteiger partial charge in [-0.2, -0.15) is 21.0 Å².